The van der Waals surface area contributed by atoms with Gasteiger partial charge >= 0.3 is 0 Å². The second kappa shape index (κ2) is 7.03. The minimum absolute atomic E-state index is 0.0193. The molecule has 128 valence electrons. The van der Waals surface area contributed by atoms with Gasteiger partial charge in [-0.15, -0.1) is 0 Å². The Morgan fingerprint density at radius 1 is 1.28 bits per heavy atom. The van der Waals surface area contributed by atoms with E-state index in [-0.39, 0.29) is 12.0 Å². The third-order valence-electron chi connectivity index (χ3n) is 4.54. The lowest BCUT2D eigenvalue weighted by atomic mass is 10.1. The molecule has 0 unspecified atom stereocenters. The zero-order chi connectivity index (χ0) is 17.1. The van der Waals surface area contributed by atoms with Crippen molar-refractivity contribution in [3.8, 4) is 0 Å². The van der Waals surface area contributed by atoms with Crippen molar-refractivity contribution in [1.82, 2.24) is 20.1 Å². The fourth-order valence-corrected chi connectivity index (χ4v) is 3.28. The van der Waals surface area contributed by atoms with Crippen LogP contribution in [0.5, 0.6) is 0 Å². The number of hydrogen-bond donors (Lipinski definition) is 1. The molecule has 3 heterocycles. The van der Waals surface area contributed by atoms with Crippen LogP contribution in [0.2, 0.25) is 0 Å². The molecule has 3 aromatic rings. The zero-order valence-electron chi connectivity index (χ0n) is 13.9. The second-order valence-electron chi connectivity index (χ2n) is 6.32. The highest BCUT2D eigenvalue weighted by Gasteiger charge is 2.25. The molecule has 2 aromatic heterocycles. The molecular weight excluding hydrogens is 316 g/mol. The lowest BCUT2D eigenvalue weighted by molar-refractivity contribution is 0.0508. The standard InChI is InChI=1S/C19H20N4O2/c24-19(17-7-1-5-15-11-21-22-18(15)17)23(13-16-6-3-9-25-16)12-14-4-2-8-20-10-14/h1-2,4-5,7-8,10-11,16H,3,6,9,12-13H2,(H,21,22)/t16-/m0/s1. The summed E-state index contributed by atoms with van der Waals surface area (Å²) >= 11 is 0. The number of rotatable bonds is 5. The van der Waals surface area contributed by atoms with E-state index in [2.05, 4.69) is 15.2 Å². The third-order valence-corrected chi connectivity index (χ3v) is 4.54. The molecule has 6 heteroatoms. The van der Waals surface area contributed by atoms with E-state index < -0.39 is 0 Å². The molecule has 4 rings (SSSR count). The average Bonchev–Trinajstić information content (AvgIpc) is 3.32. The van der Waals surface area contributed by atoms with Gasteiger partial charge in [0.1, 0.15) is 0 Å². The number of para-hydroxylation sites is 1. The Labute approximate surface area is 145 Å². The van der Waals surface area contributed by atoms with E-state index in [1.807, 2.05) is 35.2 Å². The van der Waals surface area contributed by atoms with Crippen LogP contribution >= 0.6 is 0 Å². The normalized spacial score (nSPS) is 17.0. The van der Waals surface area contributed by atoms with Crippen LogP contribution in [0.4, 0.5) is 0 Å². The molecule has 1 saturated heterocycles. The first-order valence-corrected chi connectivity index (χ1v) is 8.53. The SMILES string of the molecule is O=C(c1cccc2cn[nH]c12)N(Cc1cccnc1)C[C@@H]1CCCO1. The largest absolute Gasteiger partial charge is 0.376 e. The van der Waals surface area contributed by atoms with Gasteiger partial charge in [0, 0.05) is 37.5 Å². The van der Waals surface area contributed by atoms with Crippen molar-refractivity contribution in [2.75, 3.05) is 13.2 Å². The van der Waals surface area contributed by atoms with Gasteiger partial charge in [-0.2, -0.15) is 5.10 Å². The van der Waals surface area contributed by atoms with Crippen molar-refractivity contribution in [2.24, 2.45) is 0 Å². The van der Waals surface area contributed by atoms with E-state index in [1.165, 1.54) is 0 Å². The van der Waals surface area contributed by atoms with Crippen LogP contribution in [0.15, 0.2) is 48.9 Å². The van der Waals surface area contributed by atoms with E-state index in [4.69, 9.17) is 4.74 Å². The van der Waals surface area contributed by atoms with Crippen molar-refractivity contribution >= 4 is 16.8 Å². The average molecular weight is 336 g/mol. The molecule has 1 atom stereocenters. The lowest BCUT2D eigenvalue weighted by Gasteiger charge is -2.26. The Hall–Kier alpha value is -2.73. The summed E-state index contributed by atoms with van der Waals surface area (Å²) in [5, 5.41) is 7.94. The van der Waals surface area contributed by atoms with Crippen LogP contribution in [-0.2, 0) is 11.3 Å². The van der Waals surface area contributed by atoms with Gasteiger partial charge < -0.3 is 9.64 Å². The molecular formula is C19H20N4O2. The van der Waals surface area contributed by atoms with Crippen LogP contribution < -0.4 is 0 Å². The van der Waals surface area contributed by atoms with Crippen molar-refractivity contribution in [3.05, 3.63) is 60.0 Å². The van der Waals surface area contributed by atoms with Crippen LogP contribution in [-0.4, -0.2) is 45.2 Å². The van der Waals surface area contributed by atoms with E-state index in [0.29, 0.717) is 18.7 Å². The zero-order valence-corrected chi connectivity index (χ0v) is 13.9. The fraction of sp³-hybridized carbons (Fsp3) is 0.316. The third kappa shape index (κ3) is 3.39. The number of H-pyrrole nitrogens is 1. The van der Waals surface area contributed by atoms with Crippen molar-refractivity contribution in [3.63, 3.8) is 0 Å². The Kier molecular flexibility index (Phi) is 4.43. The van der Waals surface area contributed by atoms with Crippen LogP contribution in [0.1, 0.15) is 28.8 Å². The molecule has 25 heavy (non-hydrogen) atoms. The minimum atomic E-state index is -0.0193. The summed E-state index contributed by atoms with van der Waals surface area (Å²) in [4.78, 5) is 19.3. The fourth-order valence-electron chi connectivity index (χ4n) is 3.28. The first-order chi connectivity index (χ1) is 12.3. The molecule has 1 aromatic carbocycles. The van der Waals surface area contributed by atoms with Crippen LogP contribution in [0.25, 0.3) is 10.9 Å². The highest BCUT2D eigenvalue weighted by molar-refractivity contribution is 6.05. The van der Waals surface area contributed by atoms with Gasteiger partial charge in [-0.3, -0.25) is 14.9 Å². The topological polar surface area (TPSA) is 71.1 Å². The molecule has 1 aliphatic rings. The number of ether oxygens (including phenoxy) is 1. The molecule has 0 saturated carbocycles. The molecule has 1 aliphatic heterocycles. The maximum absolute atomic E-state index is 13.3. The van der Waals surface area contributed by atoms with Gasteiger partial charge in [-0.1, -0.05) is 18.2 Å². The summed E-state index contributed by atoms with van der Waals surface area (Å²) in [5.74, 6) is -0.0193. The smallest absolute Gasteiger partial charge is 0.256 e. The number of benzene rings is 1. The number of nitrogens with one attached hydrogen (secondary N) is 1. The molecule has 1 N–H and O–H groups in total. The lowest BCUT2D eigenvalue weighted by Crippen LogP contribution is -2.37. The highest BCUT2D eigenvalue weighted by atomic mass is 16.5. The number of aromatic nitrogens is 3. The molecule has 0 spiro atoms. The van der Waals surface area contributed by atoms with Crippen molar-refractivity contribution in [2.45, 2.75) is 25.5 Å². The number of hydrogen-bond acceptors (Lipinski definition) is 4. The van der Waals surface area contributed by atoms with E-state index >= 15 is 0 Å². The number of carbonyl (C=O) groups excluding carboxylic acids is 1. The summed E-state index contributed by atoms with van der Waals surface area (Å²) in [6.45, 7) is 1.87. The second-order valence-corrected chi connectivity index (χ2v) is 6.32. The molecule has 6 nitrogen and oxygen atoms in total. The number of amides is 1. The molecule has 1 fully saturated rings. The van der Waals surface area contributed by atoms with Gasteiger partial charge in [0.2, 0.25) is 0 Å². The van der Waals surface area contributed by atoms with Crippen molar-refractivity contribution < 1.29 is 9.53 Å². The van der Waals surface area contributed by atoms with Gasteiger partial charge in [-0.25, -0.2) is 0 Å². The first-order valence-electron chi connectivity index (χ1n) is 8.53. The predicted octanol–water partition coefficient (Wildman–Crippen LogP) is 2.78. The van der Waals surface area contributed by atoms with Gasteiger partial charge in [0.15, 0.2) is 0 Å². The first kappa shape index (κ1) is 15.8. The van der Waals surface area contributed by atoms with Gasteiger partial charge in [0.25, 0.3) is 5.91 Å². The predicted molar refractivity (Wildman–Crippen MR) is 94.0 cm³/mol. The molecule has 0 bridgehead atoms. The molecule has 0 aliphatic carbocycles. The number of fused-ring (bicyclic) bond motifs is 1. The van der Waals surface area contributed by atoms with Crippen LogP contribution in [0, 0.1) is 0 Å². The number of aromatic amines is 1. The summed E-state index contributed by atoms with van der Waals surface area (Å²) < 4.78 is 5.75. The Morgan fingerprint density at radius 2 is 2.24 bits per heavy atom. The number of nitrogens with zero attached hydrogens (tertiary/aromatic N) is 3. The van der Waals surface area contributed by atoms with E-state index in [1.54, 1.807) is 18.6 Å². The Morgan fingerprint density at radius 3 is 3.04 bits per heavy atom. The Balaban J connectivity index is 1.63. The number of pyridine rings is 1. The van der Waals surface area contributed by atoms with E-state index in [0.717, 1.165) is 35.9 Å². The number of carbonyl (C=O) groups is 1. The molecule has 1 amide bonds. The maximum atomic E-state index is 13.3. The van der Waals surface area contributed by atoms with Gasteiger partial charge in [0.05, 0.1) is 23.4 Å². The van der Waals surface area contributed by atoms with Crippen molar-refractivity contribution in [1.29, 1.82) is 0 Å². The summed E-state index contributed by atoms with van der Waals surface area (Å²) in [6.07, 6.45) is 7.41. The summed E-state index contributed by atoms with van der Waals surface area (Å²) in [7, 11) is 0. The summed E-state index contributed by atoms with van der Waals surface area (Å²) in [5.41, 5.74) is 2.42. The monoisotopic (exact) mass is 336 g/mol. The quantitative estimate of drug-likeness (QED) is 0.778. The summed E-state index contributed by atoms with van der Waals surface area (Å²) in [6, 6.07) is 9.55. The maximum Gasteiger partial charge on any atom is 0.256 e. The van der Waals surface area contributed by atoms with E-state index in [9.17, 15) is 4.79 Å². The Bertz CT molecular complexity index is 856. The van der Waals surface area contributed by atoms with Gasteiger partial charge in [-0.05, 0) is 30.5 Å². The molecule has 0 radical (unpaired) electrons. The minimum Gasteiger partial charge on any atom is -0.376 e. The highest BCUT2D eigenvalue weighted by Crippen LogP contribution is 2.21. The van der Waals surface area contributed by atoms with Crippen LogP contribution in [0.3, 0.4) is 0 Å².